The monoisotopic (exact) mass is 207 g/mol. The number of rotatable bonds is 6. The van der Waals surface area contributed by atoms with Crippen molar-refractivity contribution < 1.29 is 4.79 Å². The maximum atomic E-state index is 11.5. The van der Waals surface area contributed by atoms with E-state index in [0.29, 0.717) is 5.57 Å². The van der Waals surface area contributed by atoms with E-state index >= 15 is 0 Å². The molecule has 2 nitrogen and oxygen atoms in total. The number of carbonyl (C=O) groups excluding carboxylic acids is 1. The number of hydrogen-bond acceptors (Lipinski definition) is 2. The molecule has 0 saturated heterocycles. The summed E-state index contributed by atoms with van der Waals surface area (Å²) in [6.07, 6.45) is 3.79. The lowest BCUT2D eigenvalue weighted by molar-refractivity contribution is -0.115. The highest BCUT2D eigenvalue weighted by Crippen LogP contribution is 2.10. The molecule has 0 fully saturated rings. The molecule has 0 aliphatic heterocycles. The van der Waals surface area contributed by atoms with Crippen LogP contribution in [0, 0.1) is 11.3 Å². The molecular weight excluding hydrogens is 186 g/mol. The van der Waals surface area contributed by atoms with Gasteiger partial charge in [-0.15, -0.1) is 0 Å². The third-order valence-electron chi connectivity index (χ3n) is 2.16. The highest BCUT2D eigenvalue weighted by atomic mass is 16.1. The molecule has 15 heavy (non-hydrogen) atoms. The SMILES string of the molecule is C=C(/C=C(/C)C(=N)C(=O)C(C)C)CCC. The molecule has 0 bridgehead atoms. The van der Waals surface area contributed by atoms with Gasteiger partial charge in [0, 0.05) is 5.92 Å². The minimum Gasteiger partial charge on any atom is -0.297 e. The highest BCUT2D eigenvalue weighted by Gasteiger charge is 2.14. The van der Waals surface area contributed by atoms with E-state index in [1.165, 1.54) is 0 Å². The Kier molecular flexibility index (Phi) is 5.83. The molecule has 2 heteroatoms. The maximum absolute atomic E-state index is 11.5. The van der Waals surface area contributed by atoms with Crippen molar-refractivity contribution in [3.63, 3.8) is 0 Å². The summed E-state index contributed by atoms with van der Waals surface area (Å²) in [5.41, 5.74) is 1.81. The van der Waals surface area contributed by atoms with E-state index in [2.05, 4.69) is 13.5 Å². The zero-order chi connectivity index (χ0) is 12.0. The van der Waals surface area contributed by atoms with Crippen LogP contribution >= 0.6 is 0 Å². The minimum absolute atomic E-state index is 0.104. The Morgan fingerprint density at radius 2 is 2.00 bits per heavy atom. The van der Waals surface area contributed by atoms with Crippen molar-refractivity contribution in [2.75, 3.05) is 0 Å². The van der Waals surface area contributed by atoms with Crippen molar-refractivity contribution in [1.82, 2.24) is 0 Å². The van der Waals surface area contributed by atoms with Crippen molar-refractivity contribution in [2.45, 2.75) is 40.5 Å². The van der Waals surface area contributed by atoms with E-state index < -0.39 is 0 Å². The topological polar surface area (TPSA) is 40.9 Å². The van der Waals surface area contributed by atoms with Gasteiger partial charge < -0.3 is 0 Å². The summed E-state index contributed by atoms with van der Waals surface area (Å²) in [7, 11) is 0. The van der Waals surface area contributed by atoms with Gasteiger partial charge in [0.05, 0.1) is 0 Å². The van der Waals surface area contributed by atoms with Gasteiger partial charge in [-0.25, -0.2) is 0 Å². The molecule has 0 unspecified atom stereocenters. The number of nitrogens with one attached hydrogen (secondary N) is 1. The number of ketones is 1. The summed E-state index contributed by atoms with van der Waals surface area (Å²) >= 11 is 0. The molecule has 0 radical (unpaired) electrons. The number of Topliss-reactive ketones (excluding diaryl/α,β-unsaturated/α-hetero) is 1. The summed E-state index contributed by atoms with van der Waals surface area (Å²) in [6.45, 7) is 11.4. The first-order valence-corrected chi connectivity index (χ1v) is 5.39. The first-order valence-electron chi connectivity index (χ1n) is 5.39. The van der Waals surface area contributed by atoms with Gasteiger partial charge in [-0.2, -0.15) is 0 Å². The molecule has 0 aromatic carbocycles. The van der Waals surface area contributed by atoms with Gasteiger partial charge >= 0.3 is 0 Å². The number of hydrogen-bond donors (Lipinski definition) is 1. The predicted octanol–water partition coefficient (Wildman–Crippen LogP) is 3.53. The fraction of sp³-hybridized carbons (Fsp3) is 0.538. The van der Waals surface area contributed by atoms with Crippen LogP contribution in [0.4, 0.5) is 0 Å². The second-order valence-corrected chi connectivity index (χ2v) is 4.13. The van der Waals surface area contributed by atoms with E-state index in [0.717, 1.165) is 18.4 Å². The van der Waals surface area contributed by atoms with Crippen molar-refractivity contribution in [3.8, 4) is 0 Å². The Morgan fingerprint density at radius 3 is 2.40 bits per heavy atom. The van der Waals surface area contributed by atoms with E-state index in [9.17, 15) is 4.79 Å². The molecule has 0 aromatic rings. The van der Waals surface area contributed by atoms with Gasteiger partial charge in [-0.1, -0.05) is 45.4 Å². The smallest absolute Gasteiger partial charge is 0.183 e. The molecule has 0 spiro atoms. The van der Waals surface area contributed by atoms with Gasteiger partial charge in [0.2, 0.25) is 0 Å². The first-order chi connectivity index (χ1) is 6.90. The van der Waals surface area contributed by atoms with Crippen LogP contribution in [0.3, 0.4) is 0 Å². The molecule has 0 rings (SSSR count). The minimum atomic E-state index is -0.111. The van der Waals surface area contributed by atoms with Crippen molar-refractivity contribution in [1.29, 1.82) is 5.41 Å². The van der Waals surface area contributed by atoms with Crippen LogP contribution in [-0.2, 0) is 4.79 Å². The molecule has 0 amide bonds. The molecular formula is C13H21NO. The lowest BCUT2D eigenvalue weighted by Gasteiger charge is -2.07. The Morgan fingerprint density at radius 1 is 1.47 bits per heavy atom. The molecule has 0 heterocycles. The van der Waals surface area contributed by atoms with Crippen LogP contribution in [0.25, 0.3) is 0 Å². The first kappa shape index (κ1) is 13.8. The molecule has 0 aromatic heterocycles. The zero-order valence-electron chi connectivity index (χ0n) is 10.2. The molecule has 0 saturated carbocycles. The van der Waals surface area contributed by atoms with Crippen LogP contribution < -0.4 is 0 Å². The summed E-state index contributed by atoms with van der Waals surface area (Å²) in [6, 6.07) is 0. The molecule has 84 valence electrons. The summed E-state index contributed by atoms with van der Waals surface area (Å²) in [5, 5.41) is 7.70. The molecule has 0 aliphatic rings. The van der Waals surface area contributed by atoms with Crippen LogP contribution in [0.1, 0.15) is 40.5 Å². The number of carbonyl (C=O) groups is 1. The Balaban J connectivity index is 4.57. The van der Waals surface area contributed by atoms with E-state index in [4.69, 9.17) is 5.41 Å². The van der Waals surface area contributed by atoms with E-state index in [-0.39, 0.29) is 17.4 Å². The fourth-order valence-electron chi connectivity index (χ4n) is 1.25. The van der Waals surface area contributed by atoms with Gasteiger partial charge in [0.15, 0.2) is 5.78 Å². The van der Waals surface area contributed by atoms with Gasteiger partial charge in [0.1, 0.15) is 5.71 Å². The summed E-state index contributed by atoms with van der Waals surface area (Å²) in [5.74, 6) is -0.215. The molecule has 0 aliphatic carbocycles. The average Bonchev–Trinajstić information content (AvgIpc) is 2.15. The quantitative estimate of drug-likeness (QED) is 0.525. The van der Waals surface area contributed by atoms with Crippen LogP contribution in [0.15, 0.2) is 23.8 Å². The largest absolute Gasteiger partial charge is 0.297 e. The fourth-order valence-corrected chi connectivity index (χ4v) is 1.25. The zero-order valence-corrected chi connectivity index (χ0v) is 10.2. The second-order valence-electron chi connectivity index (χ2n) is 4.13. The van der Waals surface area contributed by atoms with E-state index in [1.807, 2.05) is 19.9 Å². The highest BCUT2D eigenvalue weighted by molar-refractivity contribution is 6.45. The summed E-state index contributed by atoms with van der Waals surface area (Å²) in [4.78, 5) is 11.5. The van der Waals surface area contributed by atoms with Gasteiger partial charge in [0.25, 0.3) is 0 Å². The average molecular weight is 207 g/mol. The third-order valence-corrected chi connectivity index (χ3v) is 2.16. The Hall–Kier alpha value is -1.18. The second kappa shape index (κ2) is 6.33. The van der Waals surface area contributed by atoms with Crippen LogP contribution in [0.2, 0.25) is 0 Å². The van der Waals surface area contributed by atoms with E-state index in [1.54, 1.807) is 6.92 Å². The Labute approximate surface area is 92.6 Å². The third kappa shape index (κ3) is 4.73. The predicted molar refractivity (Wildman–Crippen MR) is 65.4 cm³/mol. The van der Waals surface area contributed by atoms with Gasteiger partial charge in [-0.05, 0) is 18.9 Å². The van der Waals surface area contributed by atoms with Crippen molar-refractivity contribution in [3.05, 3.63) is 23.8 Å². The molecule has 1 N–H and O–H groups in total. The maximum Gasteiger partial charge on any atom is 0.183 e. The normalized spacial score (nSPS) is 11.7. The van der Waals surface area contributed by atoms with Crippen molar-refractivity contribution in [2.24, 2.45) is 5.92 Å². The lowest BCUT2D eigenvalue weighted by Crippen LogP contribution is -2.19. The number of allylic oxidation sites excluding steroid dienone is 3. The van der Waals surface area contributed by atoms with Crippen molar-refractivity contribution >= 4 is 11.5 Å². The lowest BCUT2D eigenvalue weighted by atomic mass is 9.98. The Bertz CT molecular complexity index is 298. The summed E-state index contributed by atoms with van der Waals surface area (Å²) < 4.78 is 0. The standard InChI is InChI=1S/C13H21NO/c1-6-7-10(4)8-11(5)12(14)13(15)9(2)3/h8-9,14H,4,6-7H2,1-3,5H3/b11-8-,14-12?. The van der Waals surface area contributed by atoms with Crippen LogP contribution in [0.5, 0.6) is 0 Å². The van der Waals surface area contributed by atoms with Crippen LogP contribution in [-0.4, -0.2) is 11.5 Å². The molecule has 0 atom stereocenters. The van der Waals surface area contributed by atoms with Gasteiger partial charge in [-0.3, -0.25) is 10.2 Å².